The van der Waals surface area contributed by atoms with Crippen molar-refractivity contribution < 1.29 is 4.79 Å². The summed E-state index contributed by atoms with van der Waals surface area (Å²) in [6, 6.07) is 9.41. The minimum atomic E-state index is -0.452. The Hall–Kier alpha value is -1.35. The first-order valence-corrected chi connectivity index (χ1v) is 6.67. The van der Waals surface area contributed by atoms with Gasteiger partial charge in [0.2, 0.25) is 5.91 Å². The Morgan fingerprint density at radius 1 is 1.28 bits per heavy atom. The van der Waals surface area contributed by atoms with Crippen molar-refractivity contribution in [1.82, 2.24) is 5.32 Å². The Balaban J connectivity index is 2.25. The summed E-state index contributed by atoms with van der Waals surface area (Å²) in [6.45, 7) is 5.09. The van der Waals surface area contributed by atoms with E-state index < -0.39 is 6.04 Å². The van der Waals surface area contributed by atoms with Gasteiger partial charge in [0, 0.05) is 6.54 Å². The molecule has 1 atom stereocenters. The number of nitrogens with one attached hydrogen (secondary N) is 1. The summed E-state index contributed by atoms with van der Waals surface area (Å²) in [4.78, 5) is 11.8. The van der Waals surface area contributed by atoms with Crippen molar-refractivity contribution in [3.05, 3.63) is 35.9 Å². The van der Waals surface area contributed by atoms with E-state index in [9.17, 15) is 4.79 Å². The standard InChI is InChI=1S/C15H24N2O/c1-12(2)7-6-10-17-15(18)14(16)11-13-8-4-3-5-9-13/h3-5,8-9,12,14H,6-7,10-11,16H2,1-2H3,(H,17,18)/t14-/m0/s1. The molecule has 1 aromatic rings. The molecule has 3 heteroatoms. The van der Waals surface area contributed by atoms with E-state index in [0.717, 1.165) is 24.9 Å². The van der Waals surface area contributed by atoms with Gasteiger partial charge in [-0.15, -0.1) is 0 Å². The van der Waals surface area contributed by atoms with Gasteiger partial charge in [-0.05, 0) is 30.7 Å². The maximum absolute atomic E-state index is 11.8. The largest absolute Gasteiger partial charge is 0.355 e. The molecule has 0 aliphatic carbocycles. The molecule has 0 fully saturated rings. The van der Waals surface area contributed by atoms with Gasteiger partial charge in [0.05, 0.1) is 6.04 Å². The van der Waals surface area contributed by atoms with E-state index in [1.165, 1.54) is 0 Å². The third-order valence-electron chi connectivity index (χ3n) is 2.89. The molecule has 1 amide bonds. The van der Waals surface area contributed by atoms with Gasteiger partial charge in [-0.1, -0.05) is 44.2 Å². The molecule has 0 saturated heterocycles. The smallest absolute Gasteiger partial charge is 0.237 e. The fraction of sp³-hybridized carbons (Fsp3) is 0.533. The molecule has 3 nitrogen and oxygen atoms in total. The van der Waals surface area contributed by atoms with Crippen LogP contribution in [0, 0.1) is 5.92 Å². The number of carbonyl (C=O) groups is 1. The summed E-state index contributed by atoms with van der Waals surface area (Å²) in [5.41, 5.74) is 6.98. The van der Waals surface area contributed by atoms with Crippen LogP contribution in [0.3, 0.4) is 0 Å². The Morgan fingerprint density at radius 3 is 2.56 bits per heavy atom. The molecule has 0 aliphatic rings. The molecule has 18 heavy (non-hydrogen) atoms. The first kappa shape index (κ1) is 14.7. The lowest BCUT2D eigenvalue weighted by molar-refractivity contribution is -0.122. The summed E-state index contributed by atoms with van der Waals surface area (Å²) in [7, 11) is 0. The minimum absolute atomic E-state index is 0.0531. The first-order chi connectivity index (χ1) is 8.59. The van der Waals surface area contributed by atoms with Crippen molar-refractivity contribution in [2.24, 2.45) is 11.7 Å². The van der Waals surface area contributed by atoms with Gasteiger partial charge in [-0.2, -0.15) is 0 Å². The number of nitrogens with two attached hydrogens (primary N) is 1. The molecule has 0 heterocycles. The van der Waals surface area contributed by atoms with Gasteiger partial charge in [-0.3, -0.25) is 4.79 Å². The third kappa shape index (κ3) is 5.82. The topological polar surface area (TPSA) is 55.1 Å². The van der Waals surface area contributed by atoms with Crippen molar-refractivity contribution in [2.45, 2.75) is 39.2 Å². The van der Waals surface area contributed by atoms with Gasteiger partial charge in [0.15, 0.2) is 0 Å². The lowest BCUT2D eigenvalue weighted by atomic mass is 10.1. The monoisotopic (exact) mass is 248 g/mol. The third-order valence-corrected chi connectivity index (χ3v) is 2.89. The Bertz CT molecular complexity index is 349. The van der Waals surface area contributed by atoms with E-state index >= 15 is 0 Å². The molecule has 0 radical (unpaired) electrons. The molecule has 0 aromatic heterocycles. The summed E-state index contributed by atoms with van der Waals surface area (Å²) < 4.78 is 0. The van der Waals surface area contributed by atoms with E-state index in [0.29, 0.717) is 12.3 Å². The molecule has 100 valence electrons. The minimum Gasteiger partial charge on any atom is -0.355 e. The predicted molar refractivity (Wildman–Crippen MR) is 75.2 cm³/mol. The fourth-order valence-corrected chi connectivity index (χ4v) is 1.81. The van der Waals surface area contributed by atoms with Gasteiger partial charge < -0.3 is 11.1 Å². The SMILES string of the molecule is CC(C)CCCNC(=O)[C@@H](N)Cc1ccccc1. The number of hydrogen-bond acceptors (Lipinski definition) is 2. The zero-order valence-electron chi connectivity index (χ0n) is 11.4. The summed E-state index contributed by atoms with van der Waals surface area (Å²) in [5, 5.41) is 2.89. The quantitative estimate of drug-likeness (QED) is 0.726. The average Bonchev–Trinajstić information content (AvgIpc) is 2.35. The van der Waals surface area contributed by atoms with Gasteiger partial charge in [0.1, 0.15) is 0 Å². The fourth-order valence-electron chi connectivity index (χ4n) is 1.81. The van der Waals surface area contributed by atoms with Gasteiger partial charge >= 0.3 is 0 Å². The molecule has 1 rings (SSSR count). The molecule has 1 aromatic carbocycles. The van der Waals surface area contributed by atoms with Crippen molar-refractivity contribution in [3.8, 4) is 0 Å². The van der Waals surface area contributed by atoms with Crippen molar-refractivity contribution >= 4 is 5.91 Å². The van der Waals surface area contributed by atoms with Crippen LogP contribution in [-0.2, 0) is 11.2 Å². The predicted octanol–water partition coefficient (Wildman–Crippen LogP) is 2.11. The van der Waals surface area contributed by atoms with Crippen LogP contribution < -0.4 is 11.1 Å². The van der Waals surface area contributed by atoms with Crippen LogP contribution in [0.2, 0.25) is 0 Å². The molecular formula is C15H24N2O. The second-order valence-corrected chi connectivity index (χ2v) is 5.12. The summed E-state index contributed by atoms with van der Waals surface area (Å²) in [5.74, 6) is 0.627. The molecule has 0 spiro atoms. The Morgan fingerprint density at radius 2 is 1.94 bits per heavy atom. The van der Waals surface area contributed by atoms with Crippen LogP contribution in [0.1, 0.15) is 32.3 Å². The van der Waals surface area contributed by atoms with Crippen molar-refractivity contribution in [2.75, 3.05) is 6.54 Å². The highest BCUT2D eigenvalue weighted by Gasteiger charge is 2.13. The van der Waals surface area contributed by atoms with Crippen molar-refractivity contribution in [3.63, 3.8) is 0 Å². The molecule has 3 N–H and O–H groups in total. The molecule has 0 bridgehead atoms. The number of hydrogen-bond donors (Lipinski definition) is 2. The highest BCUT2D eigenvalue weighted by atomic mass is 16.2. The highest BCUT2D eigenvalue weighted by molar-refractivity contribution is 5.81. The van der Waals surface area contributed by atoms with Crippen LogP contribution in [0.25, 0.3) is 0 Å². The lowest BCUT2D eigenvalue weighted by Crippen LogP contribution is -2.42. The Labute approximate surface area is 110 Å². The lowest BCUT2D eigenvalue weighted by Gasteiger charge is -2.12. The summed E-state index contributed by atoms with van der Waals surface area (Å²) >= 11 is 0. The second-order valence-electron chi connectivity index (χ2n) is 5.12. The van der Waals surface area contributed by atoms with Crippen molar-refractivity contribution in [1.29, 1.82) is 0 Å². The average molecular weight is 248 g/mol. The van der Waals surface area contributed by atoms with Crippen LogP contribution in [0.5, 0.6) is 0 Å². The number of rotatable bonds is 7. The van der Waals surface area contributed by atoms with E-state index in [-0.39, 0.29) is 5.91 Å². The Kier molecular flexibility index (Phi) is 6.44. The maximum atomic E-state index is 11.8. The molecule has 0 saturated carbocycles. The highest BCUT2D eigenvalue weighted by Crippen LogP contribution is 2.03. The second kappa shape index (κ2) is 7.88. The molecule has 0 unspecified atom stereocenters. The zero-order valence-corrected chi connectivity index (χ0v) is 11.4. The van der Waals surface area contributed by atoms with E-state index in [1.807, 2.05) is 30.3 Å². The van der Waals surface area contributed by atoms with Gasteiger partial charge in [0.25, 0.3) is 0 Å². The van der Waals surface area contributed by atoms with E-state index in [2.05, 4.69) is 19.2 Å². The first-order valence-electron chi connectivity index (χ1n) is 6.67. The van der Waals surface area contributed by atoms with E-state index in [4.69, 9.17) is 5.73 Å². The molecule has 0 aliphatic heterocycles. The van der Waals surface area contributed by atoms with Crippen LogP contribution in [0.4, 0.5) is 0 Å². The maximum Gasteiger partial charge on any atom is 0.237 e. The van der Waals surface area contributed by atoms with Crippen LogP contribution in [0.15, 0.2) is 30.3 Å². The van der Waals surface area contributed by atoms with E-state index in [1.54, 1.807) is 0 Å². The normalized spacial score (nSPS) is 12.4. The van der Waals surface area contributed by atoms with Gasteiger partial charge in [-0.25, -0.2) is 0 Å². The summed E-state index contributed by atoms with van der Waals surface area (Å²) in [6.07, 6.45) is 2.74. The van der Waals surface area contributed by atoms with Crippen LogP contribution in [-0.4, -0.2) is 18.5 Å². The van der Waals surface area contributed by atoms with Crippen LogP contribution >= 0.6 is 0 Å². The number of carbonyl (C=O) groups excluding carboxylic acids is 1. The number of amides is 1. The molecular weight excluding hydrogens is 224 g/mol. The zero-order chi connectivity index (χ0) is 13.4. The number of benzene rings is 1.